The van der Waals surface area contributed by atoms with Crippen LogP contribution in [0.2, 0.25) is 0 Å². The van der Waals surface area contributed by atoms with Gasteiger partial charge in [-0.3, -0.25) is 9.89 Å². The first-order valence-electron chi connectivity index (χ1n) is 6.59. The van der Waals surface area contributed by atoms with Crippen LogP contribution < -0.4 is 10.1 Å². The van der Waals surface area contributed by atoms with Gasteiger partial charge in [0.25, 0.3) is 5.91 Å². The minimum atomic E-state index is -0.288. The van der Waals surface area contributed by atoms with Crippen LogP contribution in [0.1, 0.15) is 16.2 Å². The summed E-state index contributed by atoms with van der Waals surface area (Å²) in [6.45, 7) is 1.87. The number of hydrogen-bond acceptors (Lipinski definition) is 5. The molecule has 2 aromatic heterocycles. The molecule has 6 nitrogen and oxygen atoms in total. The van der Waals surface area contributed by atoms with Gasteiger partial charge in [0.15, 0.2) is 5.82 Å². The van der Waals surface area contributed by atoms with Gasteiger partial charge >= 0.3 is 0 Å². The van der Waals surface area contributed by atoms with Crippen molar-refractivity contribution < 1.29 is 9.53 Å². The summed E-state index contributed by atoms with van der Waals surface area (Å²) < 4.78 is 5.32. The first-order chi connectivity index (χ1) is 10.7. The number of nitrogens with one attached hydrogen (secondary N) is 2. The van der Waals surface area contributed by atoms with Crippen LogP contribution in [-0.4, -0.2) is 28.2 Å². The Balaban J connectivity index is 1.82. The lowest BCUT2D eigenvalue weighted by molar-refractivity contribution is 0.102. The molecule has 0 radical (unpaired) electrons. The van der Waals surface area contributed by atoms with Crippen molar-refractivity contribution in [2.24, 2.45) is 0 Å². The third kappa shape index (κ3) is 2.84. The minimum Gasteiger partial charge on any atom is -0.496 e. The number of anilines is 1. The normalized spacial score (nSPS) is 10.5. The predicted octanol–water partition coefficient (Wildman–Crippen LogP) is 3.10. The molecule has 2 heterocycles. The number of methoxy groups -OCH3 is 1. The maximum atomic E-state index is 12.2. The number of nitrogens with zero attached hydrogens (tertiary/aromatic N) is 2. The molecule has 0 fully saturated rings. The number of benzene rings is 1. The molecule has 3 aromatic rings. The molecule has 2 N–H and O–H groups in total. The van der Waals surface area contributed by atoms with E-state index in [4.69, 9.17) is 4.74 Å². The van der Waals surface area contributed by atoms with Crippen molar-refractivity contribution in [3.8, 4) is 16.3 Å². The Hall–Kier alpha value is -2.67. The number of carbonyl (C=O) groups is 1. The van der Waals surface area contributed by atoms with Gasteiger partial charge in [-0.25, -0.2) is 4.98 Å². The van der Waals surface area contributed by atoms with E-state index in [-0.39, 0.29) is 5.91 Å². The van der Waals surface area contributed by atoms with Crippen molar-refractivity contribution in [3.05, 3.63) is 47.1 Å². The molecular weight excluding hydrogens is 300 g/mol. The summed E-state index contributed by atoms with van der Waals surface area (Å²) in [5.41, 5.74) is 2.10. The Labute approximate surface area is 131 Å². The summed E-state index contributed by atoms with van der Waals surface area (Å²) in [5, 5.41) is 11.9. The van der Waals surface area contributed by atoms with Crippen LogP contribution in [-0.2, 0) is 0 Å². The van der Waals surface area contributed by atoms with Gasteiger partial charge in [-0.1, -0.05) is 12.1 Å². The van der Waals surface area contributed by atoms with Crippen LogP contribution in [0.4, 0.5) is 5.82 Å². The second-order valence-corrected chi connectivity index (χ2v) is 5.49. The quantitative estimate of drug-likeness (QED) is 0.775. The second-order valence-electron chi connectivity index (χ2n) is 4.63. The third-order valence-corrected chi connectivity index (χ3v) is 3.90. The number of hydrogen-bond donors (Lipinski definition) is 2. The van der Waals surface area contributed by atoms with E-state index in [9.17, 15) is 4.79 Å². The van der Waals surface area contributed by atoms with Gasteiger partial charge in [0.05, 0.1) is 12.7 Å². The highest BCUT2D eigenvalue weighted by molar-refractivity contribution is 7.13. The van der Waals surface area contributed by atoms with Crippen molar-refractivity contribution in [2.75, 3.05) is 12.4 Å². The van der Waals surface area contributed by atoms with Crippen molar-refractivity contribution in [3.63, 3.8) is 0 Å². The van der Waals surface area contributed by atoms with E-state index in [1.165, 1.54) is 11.3 Å². The summed E-state index contributed by atoms with van der Waals surface area (Å²) in [6, 6.07) is 9.33. The Morgan fingerprint density at radius 2 is 2.18 bits per heavy atom. The van der Waals surface area contributed by atoms with Crippen LogP contribution in [0.15, 0.2) is 35.7 Å². The molecule has 0 aliphatic carbocycles. The SMILES string of the molecule is COc1ccccc1-c1nc(C(=O)Nc2cc(C)[nH]n2)cs1. The lowest BCUT2D eigenvalue weighted by Crippen LogP contribution is -2.12. The number of H-pyrrole nitrogens is 1. The molecule has 0 saturated heterocycles. The lowest BCUT2D eigenvalue weighted by atomic mass is 10.2. The molecule has 1 amide bonds. The number of amides is 1. The first-order valence-corrected chi connectivity index (χ1v) is 7.47. The summed E-state index contributed by atoms with van der Waals surface area (Å²) >= 11 is 1.40. The van der Waals surface area contributed by atoms with Crippen molar-refractivity contribution in [2.45, 2.75) is 6.92 Å². The Kier molecular flexibility index (Phi) is 3.88. The number of para-hydroxylation sites is 1. The minimum absolute atomic E-state index is 0.288. The van der Waals surface area contributed by atoms with Gasteiger partial charge in [0.1, 0.15) is 16.5 Å². The molecule has 0 saturated carbocycles. The maximum absolute atomic E-state index is 12.2. The Bertz CT molecular complexity index is 809. The molecule has 1 aromatic carbocycles. The van der Waals surface area contributed by atoms with E-state index in [0.29, 0.717) is 11.5 Å². The number of aromatic amines is 1. The van der Waals surface area contributed by atoms with E-state index >= 15 is 0 Å². The van der Waals surface area contributed by atoms with Crippen LogP contribution in [0, 0.1) is 6.92 Å². The van der Waals surface area contributed by atoms with E-state index in [1.807, 2.05) is 31.2 Å². The van der Waals surface area contributed by atoms with E-state index in [2.05, 4.69) is 20.5 Å². The fourth-order valence-corrected chi connectivity index (χ4v) is 2.82. The second kappa shape index (κ2) is 5.98. The molecule has 22 heavy (non-hydrogen) atoms. The zero-order valence-electron chi connectivity index (χ0n) is 12.1. The fraction of sp³-hybridized carbons (Fsp3) is 0.133. The fourth-order valence-electron chi connectivity index (χ4n) is 1.99. The lowest BCUT2D eigenvalue weighted by Gasteiger charge is -2.04. The van der Waals surface area contributed by atoms with Gasteiger partial charge in [0, 0.05) is 17.1 Å². The third-order valence-electron chi connectivity index (χ3n) is 3.02. The van der Waals surface area contributed by atoms with Crippen molar-refractivity contribution in [1.82, 2.24) is 15.2 Å². The van der Waals surface area contributed by atoms with E-state index < -0.39 is 0 Å². The van der Waals surface area contributed by atoms with Crippen molar-refractivity contribution in [1.29, 1.82) is 0 Å². The molecule has 0 unspecified atom stereocenters. The number of aromatic nitrogens is 3. The summed E-state index contributed by atoms with van der Waals surface area (Å²) in [6.07, 6.45) is 0. The summed E-state index contributed by atoms with van der Waals surface area (Å²) in [4.78, 5) is 16.6. The standard InChI is InChI=1S/C15H14N4O2S/c1-9-7-13(19-18-9)17-14(20)11-8-22-15(16-11)10-5-3-4-6-12(10)21-2/h3-8H,1-2H3,(H2,17,18,19,20). The van der Waals surface area contributed by atoms with Crippen LogP contribution in [0.3, 0.4) is 0 Å². The van der Waals surface area contributed by atoms with Gasteiger partial charge in [-0.05, 0) is 19.1 Å². The molecule has 0 aliphatic rings. The van der Waals surface area contributed by atoms with Gasteiger partial charge < -0.3 is 10.1 Å². The summed E-state index contributed by atoms with van der Waals surface area (Å²) in [7, 11) is 1.61. The number of thiazole rings is 1. The highest BCUT2D eigenvalue weighted by atomic mass is 32.1. The molecule has 0 aliphatic heterocycles. The smallest absolute Gasteiger partial charge is 0.276 e. The highest BCUT2D eigenvalue weighted by Gasteiger charge is 2.15. The average molecular weight is 314 g/mol. The zero-order valence-corrected chi connectivity index (χ0v) is 12.9. The van der Waals surface area contributed by atoms with Crippen LogP contribution in [0.5, 0.6) is 5.75 Å². The molecule has 3 rings (SSSR count). The number of ether oxygens (including phenoxy) is 1. The van der Waals surface area contributed by atoms with Gasteiger partial charge in [0.2, 0.25) is 0 Å². The Morgan fingerprint density at radius 3 is 2.91 bits per heavy atom. The monoisotopic (exact) mass is 314 g/mol. The Morgan fingerprint density at radius 1 is 1.36 bits per heavy atom. The predicted molar refractivity (Wildman–Crippen MR) is 85.4 cm³/mol. The molecule has 0 bridgehead atoms. The van der Waals surface area contributed by atoms with Crippen LogP contribution >= 0.6 is 11.3 Å². The molecule has 7 heteroatoms. The van der Waals surface area contributed by atoms with Gasteiger partial charge in [-0.2, -0.15) is 5.10 Å². The maximum Gasteiger partial charge on any atom is 0.276 e. The molecule has 0 atom stereocenters. The molecular formula is C15H14N4O2S. The van der Waals surface area contributed by atoms with E-state index in [1.54, 1.807) is 18.6 Å². The average Bonchev–Trinajstić information content (AvgIpc) is 3.16. The highest BCUT2D eigenvalue weighted by Crippen LogP contribution is 2.31. The number of aryl methyl sites for hydroxylation is 1. The molecule has 0 spiro atoms. The topological polar surface area (TPSA) is 79.9 Å². The zero-order chi connectivity index (χ0) is 15.5. The number of carbonyl (C=O) groups excluding carboxylic acids is 1. The van der Waals surface area contributed by atoms with Crippen LogP contribution in [0.25, 0.3) is 10.6 Å². The number of rotatable bonds is 4. The molecule has 112 valence electrons. The first kappa shape index (κ1) is 14.3. The summed E-state index contributed by atoms with van der Waals surface area (Å²) in [5.74, 6) is 0.921. The van der Waals surface area contributed by atoms with E-state index in [0.717, 1.165) is 22.0 Å². The van der Waals surface area contributed by atoms with Crippen molar-refractivity contribution >= 4 is 23.1 Å². The largest absolute Gasteiger partial charge is 0.496 e. The van der Waals surface area contributed by atoms with Gasteiger partial charge in [-0.15, -0.1) is 11.3 Å².